The monoisotopic (exact) mass is 456 g/mol. The van der Waals surface area contributed by atoms with Gasteiger partial charge in [0.05, 0.1) is 0 Å². The van der Waals surface area contributed by atoms with Crippen molar-refractivity contribution in [2.75, 3.05) is 5.73 Å². The summed E-state index contributed by atoms with van der Waals surface area (Å²) in [4.78, 5) is 38.4. The van der Waals surface area contributed by atoms with Crippen molar-refractivity contribution in [3.63, 3.8) is 0 Å². The summed E-state index contributed by atoms with van der Waals surface area (Å²) in [6.07, 6.45) is 0. The first kappa shape index (κ1) is 22.3. The van der Waals surface area contributed by atoms with Crippen LogP contribution in [0.5, 0.6) is 5.75 Å². The number of nitrogen functional groups attached to an aromatic ring is 1. The van der Waals surface area contributed by atoms with Crippen LogP contribution >= 0.6 is 0 Å². The number of aromatic nitrogens is 1. The van der Waals surface area contributed by atoms with Gasteiger partial charge in [0.2, 0.25) is 0 Å². The molecule has 0 atom stereocenters. The highest BCUT2D eigenvalue weighted by Gasteiger charge is 2.28. The van der Waals surface area contributed by atoms with Gasteiger partial charge in [-0.1, -0.05) is 66.7 Å². The third kappa shape index (κ3) is 4.37. The first-order valence-corrected chi connectivity index (χ1v) is 10.3. The Hall–Kier alpha value is -4.85. The second kappa shape index (κ2) is 9.33. The van der Waals surface area contributed by atoms with Crippen LogP contribution in [-0.4, -0.2) is 27.1 Å². The molecule has 4 rings (SSSR count). The molecule has 1 heterocycles. The molecular formula is C26H20N2O6. The molecule has 0 bridgehead atoms. The van der Waals surface area contributed by atoms with E-state index < -0.39 is 34.4 Å². The maximum atomic E-state index is 12.4. The summed E-state index contributed by atoms with van der Waals surface area (Å²) in [6.45, 7) is 0.396. The summed E-state index contributed by atoms with van der Waals surface area (Å²) < 4.78 is 5.81. The molecule has 0 aliphatic carbocycles. The molecule has 0 radical (unpaired) electrons. The molecule has 0 saturated heterocycles. The first-order valence-electron chi connectivity index (χ1n) is 10.3. The molecule has 0 aliphatic rings. The van der Waals surface area contributed by atoms with E-state index in [0.29, 0.717) is 23.5 Å². The summed E-state index contributed by atoms with van der Waals surface area (Å²) in [5.41, 5.74) is 5.86. The summed E-state index contributed by atoms with van der Waals surface area (Å²) in [5.74, 6) is -2.80. The number of hydrogen-bond donors (Lipinski definition) is 4. The summed E-state index contributed by atoms with van der Waals surface area (Å²) >= 11 is 0. The van der Waals surface area contributed by atoms with Crippen LogP contribution in [0.2, 0.25) is 0 Å². The minimum atomic E-state index is -1.56. The number of nitrogens with one attached hydrogen (secondary N) is 1. The maximum absolute atomic E-state index is 12.4. The summed E-state index contributed by atoms with van der Waals surface area (Å²) in [5, 5.41) is 19.4. The Morgan fingerprint density at radius 2 is 1.38 bits per heavy atom. The molecule has 34 heavy (non-hydrogen) atoms. The Morgan fingerprint density at radius 1 is 0.794 bits per heavy atom. The van der Waals surface area contributed by atoms with Crippen LogP contribution in [0.3, 0.4) is 0 Å². The molecule has 170 valence electrons. The maximum Gasteiger partial charge on any atom is 0.342 e. The Labute approximate surface area is 193 Å². The first-order chi connectivity index (χ1) is 16.4. The Morgan fingerprint density at radius 3 is 2.00 bits per heavy atom. The van der Waals surface area contributed by atoms with Gasteiger partial charge in [0.25, 0.3) is 5.56 Å². The fourth-order valence-electron chi connectivity index (χ4n) is 3.74. The standard InChI is InChI=1S/C26H20N2O6/c27-23-21(25(30)31)20(22(26(32)33)24(29)28-23)19-9-5-4-8-18(19)16-10-12-17(13-11-16)34-14-15-6-2-1-3-7-15/h1-13H,14H2,(H,30,31)(H,32,33)(H3,27,28,29). The van der Waals surface area contributed by atoms with E-state index in [9.17, 15) is 24.6 Å². The molecule has 0 aliphatic heterocycles. The van der Waals surface area contributed by atoms with Crippen LogP contribution in [0.1, 0.15) is 26.3 Å². The number of aromatic amines is 1. The van der Waals surface area contributed by atoms with Crippen LogP contribution in [0, 0.1) is 0 Å². The van der Waals surface area contributed by atoms with Gasteiger partial charge in [-0.2, -0.15) is 0 Å². The summed E-state index contributed by atoms with van der Waals surface area (Å²) in [7, 11) is 0. The number of carboxylic acid groups (broad SMARTS) is 2. The van der Waals surface area contributed by atoms with E-state index in [0.717, 1.165) is 5.56 Å². The molecule has 1 aromatic heterocycles. The minimum absolute atomic E-state index is 0.249. The van der Waals surface area contributed by atoms with Gasteiger partial charge >= 0.3 is 11.9 Å². The van der Waals surface area contributed by atoms with Gasteiger partial charge in [-0.25, -0.2) is 9.59 Å². The van der Waals surface area contributed by atoms with Crippen molar-refractivity contribution >= 4 is 17.8 Å². The predicted octanol–water partition coefficient (Wildman–Crippen LogP) is 4.27. The second-order valence-corrected chi connectivity index (χ2v) is 7.45. The van der Waals surface area contributed by atoms with Gasteiger partial charge < -0.3 is 25.7 Å². The van der Waals surface area contributed by atoms with Crippen molar-refractivity contribution < 1.29 is 24.5 Å². The third-order valence-corrected chi connectivity index (χ3v) is 5.28. The van der Waals surface area contributed by atoms with Crippen molar-refractivity contribution in [1.29, 1.82) is 0 Å². The molecule has 0 spiro atoms. The lowest BCUT2D eigenvalue weighted by molar-refractivity contribution is 0.0695. The van der Waals surface area contributed by atoms with Crippen molar-refractivity contribution in [1.82, 2.24) is 4.98 Å². The number of carboxylic acids is 2. The van der Waals surface area contributed by atoms with E-state index in [1.165, 1.54) is 0 Å². The van der Waals surface area contributed by atoms with Gasteiger partial charge in [-0.05, 0) is 34.4 Å². The van der Waals surface area contributed by atoms with E-state index in [-0.39, 0.29) is 11.1 Å². The number of benzene rings is 3. The van der Waals surface area contributed by atoms with E-state index in [1.807, 2.05) is 30.3 Å². The van der Waals surface area contributed by atoms with E-state index >= 15 is 0 Å². The molecule has 4 aromatic rings. The van der Waals surface area contributed by atoms with E-state index in [4.69, 9.17) is 10.5 Å². The van der Waals surface area contributed by atoms with Gasteiger partial charge in [0.1, 0.15) is 29.3 Å². The highest BCUT2D eigenvalue weighted by atomic mass is 16.5. The number of nitrogens with two attached hydrogens (primary N) is 1. The number of pyridine rings is 1. The van der Waals surface area contributed by atoms with Crippen LogP contribution in [0.15, 0.2) is 83.7 Å². The normalized spacial score (nSPS) is 10.6. The highest BCUT2D eigenvalue weighted by Crippen LogP contribution is 2.37. The van der Waals surface area contributed by atoms with E-state index in [1.54, 1.807) is 48.5 Å². The van der Waals surface area contributed by atoms with Gasteiger partial charge in [0, 0.05) is 5.56 Å². The van der Waals surface area contributed by atoms with Crippen LogP contribution in [0.25, 0.3) is 22.3 Å². The van der Waals surface area contributed by atoms with Crippen molar-refractivity contribution in [3.8, 4) is 28.0 Å². The van der Waals surface area contributed by atoms with Gasteiger partial charge in [0.15, 0.2) is 0 Å². The zero-order valence-corrected chi connectivity index (χ0v) is 17.8. The topological polar surface area (TPSA) is 143 Å². The van der Waals surface area contributed by atoms with Gasteiger partial charge in [-0.15, -0.1) is 0 Å². The van der Waals surface area contributed by atoms with Crippen molar-refractivity contribution in [2.45, 2.75) is 6.61 Å². The number of rotatable bonds is 7. The molecule has 5 N–H and O–H groups in total. The summed E-state index contributed by atoms with van der Waals surface area (Å²) in [6, 6.07) is 23.4. The zero-order chi connectivity index (χ0) is 24.2. The average Bonchev–Trinajstić information content (AvgIpc) is 2.82. The molecule has 0 fully saturated rings. The van der Waals surface area contributed by atoms with Crippen molar-refractivity contribution in [2.24, 2.45) is 0 Å². The fourth-order valence-corrected chi connectivity index (χ4v) is 3.74. The number of anilines is 1. The largest absolute Gasteiger partial charge is 0.489 e. The lowest BCUT2D eigenvalue weighted by atomic mass is 9.89. The Balaban J connectivity index is 1.79. The lowest BCUT2D eigenvalue weighted by Crippen LogP contribution is -2.24. The Kier molecular flexibility index (Phi) is 6.13. The lowest BCUT2D eigenvalue weighted by Gasteiger charge is -2.16. The molecular weight excluding hydrogens is 436 g/mol. The van der Waals surface area contributed by atoms with Gasteiger partial charge in [-0.3, -0.25) is 4.79 Å². The predicted molar refractivity (Wildman–Crippen MR) is 127 cm³/mol. The third-order valence-electron chi connectivity index (χ3n) is 5.28. The molecule has 0 saturated carbocycles. The number of carbonyl (C=O) groups is 2. The molecule has 0 unspecified atom stereocenters. The van der Waals surface area contributed by atoms with Crippen LogP contribution in [-0.2, 0) is 6.61 Å². The number of aromatic carboxylic acids is 2. The Bertz CT molecular complexity index is 1430. The SMILES string of the molecule is Nc1[nH]c(=O)c(C(=O)O)c(-c2ccccc2-c2ccc(OCc3ccccc3)cc2)c1C(=O)O. The molecule has 8 heteroatoms. The smallest absolute Gasteiger partial charge is 0.342 e. The minimum Gasteiger partial charge on any atom is -0.489 e. The molecule has 8 nitrogen and oxygen atoms in total. The zero-order valence-electron chi connectivity index (χ0n) is 17.8. The fraction of sp³-hybridized carbons (Fsp3) is 0.0385. The van der Waals surface area contributed by atoms with Crippen LogP contribution in [0.4, 0.5) is 5.82 Å². The molecule has 0 amide bonds. The quantitative estimate of drug-likeness (QED) is 0.325. The van der Waals surface area contributed by atoms with E-state index in [2.05, 4.69) is 4.98 Å². The number of ether oxygens (including phenoxy) is 1. The number of hydrogen-bond acceptors (Lipinski definition) is 5. The number of H-pyrrole nitrogens is 1. The highest BCUT2D eigenvalue weighted by molar-refractivity contribution is 6.09. The average molecular weight is 456 g/mol. The van der Waals surface area contributed by atoms with Crippen LogP contribution < -0.4 is 16.0 Å². The second-order valence-electron chi connectivity index (χ2n) is 7.45. The molecule has 3 aromatic carbocycles. The van der Waals surface area contributed by atoms with Crippen molar-refractivity contribution in [3.05, 3.63) is 106 Å².